The van der Waals surface area contributed by atoms with Crippen LogP contribution in [0.15, 0.2) is 41.2 Å². The van der Waals surface area contributed by atoms with Crippen LogP contribution in [0.5, 0.6) is 23.0 Å². The molecule has 9 atom stereocenters. The summed E-state index contributed by atoms with van der Waals surface area (Å²) in [6, 6.07) is 0. The van der Waals surface area contributed by atoms with Crippen LogP contribution in [0.4, 0.5) is 5.69 Å². The van der Waals surface area contributed by atoms with E-state index in [1.807, 2.05) is 5.01 Å². The second-order valence-electron chi connectivity index (χ2n) is 18.8. The number of benzene rings is 2. The van der Waals surface area contributed by atoms with Crippen molar-refractivity contribution >= 4 is 40.3 Å². The average molecular weight is 935 g/mol. The van der Waals surface area contributed by atoms with Gasteiger partial charge >= 0.3 is 11.8 Å². The summed E-state index contributed by atoms with van der Waals surface area (Å²) in [5.41, 5.74) is -0.293. The van der Waals surface area contributed by atoms with Gasteiger partial charge in [0.15, 0.2) is 5.75 Å². The molecule has 2 aromatic rings. The van der Waals surface area contributed by atoms with E-state index in [4.69, 9.17) is 24.0 Å². The Morgan fingerprint density at radius 3 is 2.30 bits per heavy atom. The molecule has 6 rings (SSSR count). The first kappa shape index (κ1) is 52.8. The highest BCUT2D eigenvalue weighted by Crippen LogP contribution is 2.55. The van der Waals surface area contributed by atoms with Gasteiger partial charge < -0.3 is 54.7 Å². The number of esters is 1. The molecule has 5 bridgehead atoms. The van der Waals surface area contributed by atoms with Crippen molar-refractivity contribution in [3.05, 3.63) is 52.8 Å². The van der Waals surface area contributed by atoms with Gasteiger partial charge in [-0.25, -0.2) is 0 Å². The number of hydrogen-bond donors (Lipinski definition) is 6. The number of aromatic hydroxyl groups is 3. The van der Waals surface area contributed by atoms with Crippen molar-refractivity contribution in [1.82, 2.24) is 9.91 Å². The summed E-state index contributed by atoms with van der Waals surface area (Å²) in [5.74, 6) is -8.30. The molecule has 6 N–H and O–H groups in total. The number of aliphatic hydroxyl groups is 2. The van der Waals surface area contributed by atoms with Crippen molar-refractivity contribution in [3.63, 3.8) is 0 Å². The number of phenolic OH excluding ortho intramolecular Hbond substituents is 3. The lowest BCUT2D eigenvalue weighted by Gasteiger charge is -2.38. The minimum absolute atomic E-state index is 0.0630. The van der Waals surface area contributed by atoms with E-state index in [-0.39, 0.29) is 44.5 Å². The number of carbonyl (C=O) groups is 3. The van der Waals surface area contributed by atoms with Crippen LogP contribution >= 0.6 is 0 Å². The summed E-state index contributed by atoms with van der Waals surface area (Å²) < 4.78 is 23.8. The van der Waals surface area contributed by atoms with Crippen LogP contribution < -0.4 is 10.1 Å². The number of hydrogen-bond acceptors (Lipinski definition) is 15. The lowest BCUT2D eigenvalue weighted by Crippen LogP contribution is -2.46. The first-order valence-corrected chi connectivity index (χ1v) is 23.9. The number of rotatable bonds is 11. The first-order valence-electron chi connectivity index (χ1n) is 23.9. The van der Waals surface area contributed by atoms with Crippen molar-refractivity contribution < 1.29 is 58.9 Å². The Hall–Kier alpha value is -5.16. The van der Waals surface area contributed by atoms with Gasteiger partial charge in [0.05, 0.1) is 53.0 Å². The van der Waals surface area contributed by atoms with E-state index in [0.717, 1.165) is 32.5 Å². The Morgan fingerprint density at radius 2 is 1.61 bits per heavy atom. The summed E-state index contributed by atoms with van der Waals surface area (Å²) in [7, 11) is 1.45. The maximum atomic E-state index is 14.6. The lowest BCUT2D eigenvalue weighted by molar-refractivity contribution is -0.160. The summed E-state index contributed by atoms with van der Waals surface area (Å²) in [6.45, 7) is 18.7. The smallest absolute Gasteiger partial charge is 0.312 e. The van der Waals surface area contributed by atoms with Gasteiger partial charge in [0.2, 0.25) is 0 Å². The topological polar surface area (TPSA) is 220 Å². The number of carbonyl (C=O) groups excluding carboxylic acids is 3. The molecule has 16 heteroatoms. The highest BCUT2D eigenvalue weighted by molar-refractivity contribution is 6.23. The second-order valence-corrected chi connectivity index (χ2v) is 18.8. The average Bonchev–Trinajstić information content (AvgIpc) is 3.40. The maximum absolute atomic E-state index is 14.6. The number of ketones is 1. The largest absolute Gasteiger partial charge is 0.507 e. The molecule has 370 valence electrons. The molecule has 1 amide bonds. The van der Waals surface area contributed by atoms with Gasteiger partial charge in [0.25, 0.3) is 11.7 Å². The number of anilines is 1. The number of allylic oxidation sites excluding steroid dienone is 2. The number of hydrazone groups is 1. The van der Waals surface area contributed by atoms with Crippen LogP contribution in [-0.4, -0.2) is 129 Å². The molecule has 4 aliphatic heterocycles. The summed E-state index contributed by atoms with van der Waals surface area (Å²) in [4.78, 5) is 43.4. The highest BCUT2D eigenvalue weighted by atomic mass is 16.7. The monoisotopic (exact) mass is 935 g/mol. The molecule has 4 aliphatic rings. The predicted octanol–water partition coefficient (Wildman–Crippen LogP) is 7.46. The SMILES string of the molecule is CCCCCCCCN1CCCN(N=Cc2c3c(O)c4c(O)c(C)c5c(c4c2O)C(=O)[C@@](C)(OC=C[C@H](OC)[C@H](C)[C@H](OC(C)=O)[C@H](C)[C@H](O)[C@H](C)[C@@H](O)[C@@H](C)C=CC=C(C)C(=O)N3)O5)CC1. The number of Topliss-reactive ketones (excluding diaryl/α,β-unsaturated/α-hetero) is 1. The molecule has 16 nitrogen and oxygen atoms in total. The number of fused-ring (bicyclic) bond motifs is 14. The van der Waals surface area contributed by atoms with E-state index in [9.17, 15) is 39.9 Å². The molecule has 0 radical (unpaired) electrons. The molecule has 1 fully saturated rings. The Labute approximate surface area is 395 Å². The molecular formula is C51H74N4O12. The molecular weight excluding hydrogens is 861 g/mol. The van der Waals surface area contributed by atoms with E-state index in [0.29, 0.717) is 13.1 Å². The van der Waals surface area contributed by atoms with E-state index < -0.39 is 88.8 Å². The molecule has 1 saturated heterocycles. The van der Waals surface area contributed by atoms with Crippen LogP contribution in [-0.2, 0) is 23.8 Å². The van der Waals surface area contributed by atoms with E-state index in [1.54, 1.807) is 46.8 Å². The fourth-order valence-corrected chi connectivity index (χ4v) is 9.42. The van der Waals surface area contributed by atoms with Gasteiger partial charge in [-0.15, -0.1) is 0 Å². The Morgan fingerprint density at radius 1 is 0.910 bits per heavy atom. The van der Waals surface area contributed by atoms with Crippen molar-refractivity contribution in [2.45, 2.75) is 137 Å². The normalized spacial score (nSPS) is 28.1. The third kappa shape index (κ3) is 11.9. The zero-order valence-corrected chi connectivity index (χ0v) is 41.0. The molecule has 67 heavy (non-hydrogen) atoms. The number of ether oxygens (including phenoxy) is 4. The number of nitrogens with one attached hydrogen (secondary N) is 1. The minimum Gasteiger partial charge on any atom is -0.507 e. The third-order valence-electron chi connectivity index (χ3n) is 13.8. The number of phenols is 3. The number of unbranched alkanes of at least 4 members (excludes halogenated alkanes) is 5. The standard InChI is InChI=1S/C51H74N4O12/c1-11-12-13-14-15-16-22-54-23-18-24-55(26-25-54)52-28-36-41-46(61)39-38(45(36)60)40-48(34(7)44(39)59)67-51(9,49(40)62)65-27-21-37(64-10)31(4)47(66-35(8)56)33(6)43(58)32(5)42(57)29(2)19-17-20-30(3)50(63)53-41/h17,19-21,27-29,31-33,37,42-43,47,57-61H,11-16,18,22-26H2,1-10H3,(H,53,63)/t29-,31-,32+,33+,37-,42-,43+,47-,51-/m0/s1. The molecule has 0 spiro atoms. The first-order chi connectivity index (χ1) is 31.8. The Kier molecular flexibility index (Phi) is 18.3. The molecule has 0 aliphatic carbocycles. The highest BCUT2D eigenvalue weighted by Gasteiger charge is 2.50. The van der Waals surface area contributed by atoms with Crippen LogP contribution in [0, 0.1) is 30.6 Å². The summed E-state index contributed by atoms with van der Waals surface area (Å²) in [5, 5.41) is 67.9. The van der Waals surface area contributed by atoms with E-state index in [1.165, 1.54) is 84.6 Å². The van der Waals surface area contributed by atoms with Crippen LogP contribution in [0.3, 0.4) is 0 Å². The van der Waals surface area contributed by atoms with Crippen LogP contribution in [0.2, 0.25) is 0 Å². The van der Waals surface area contributed by atoms with Gasteiger partial charge in [0.1, 0.15) is 23.4 Å². The van der Waals surface area contributed by atoms with Gasteiger partial charge in [-0.05, 0) is 45.9 Å². The molecule has 2 aromatic carbocycles. The van der Waals surface area contributed by atoms with E-state index >= 15 is 0 Å². The minimum atomic E-state index is -2.05. The zero-order valence-electron chi connectivity index (χ0n) is 41.0. The zero-order chi connectivity index (χ0) is 49.3. The van der Waals surface area contributed by atoms with Crippen molar-refractivity contribution in [2.75, 3.05) is 45.2 Å². The van der Waals surface area contributed by atoms with Gasteiger partial charge in [-0.1, -0.05) is 85.0 Å². The fourth-order valence-electron chi connectivity index (χ4n) is 9.42. The molecule has 4 heterocycles. The summed E-state index contributed by atoms with van der Waals surface area (Å²) in [6.07, 6.45) is 13.1. The number of aliphatic hydroxyl groups excluding tert-OH is 2. The quantitative estimate of drug-likeness (QED) is 0.0424. The van der Waals surface area contributed by atoms with Crippen LogP contribution in [0.1, 0.15) is 122 Å². The van der Waals surface area contributed by atoms with Gasteiger partial charge in [0, 0.05) is 80.8 Å². The molecule has 0 unspecified atom stereocenters. The Balaban J connectivity index is 1.61. The number of nitrogens with zero attached hydrogens (tertiary/aromatic N) is 3. The van der Waals surface area contributed by atoms with Gasteiger partial charge in [-0.3, -0.25) is 19.4 Å². The van der Waals surface area contributed by atoms with Crippen molar-refractivity contribution in [2.24, 2.45) is 28.8 Å². The van der Waals surface area contributed by atoms with Gasteiger partial charge in [-0.2, -0.15) is 5.10 Å². The molecule has 0 aromatic heterocycles. The maximum Gasteiger partial charge on any atom is 0.312 e. The third-order valence-corrected chi connectivity index (χ3v) is 13.8. The predicted molar refractivity (Wildman–Crippen MR) is 257 cm³/mol. The molecule has 0 saturated carbocycles. The van der Waals surface area contributed by atoms with Crippen molar-refractivity contribution in [3.8, 4) is 23.0 Å². The fraction of sp³-hybridized carbons (Fsp3) is 0.608. The summed E-state index contributed by atoms with van der Waals surface area (Å²) >= 11 is 0. The number of amides is 1. The Bertz CT molecular complexity index is 2220. The van der Waals surface area contributed by atoms with Crippen molar-refractivity contribution in [1.29, 1.82) is 0 Å². The van der Waals surface area contributed by atoms with E-state index in [2.05, 4.69) is 17.1 Å². The van der Waals surface area contributed by atoms with Crippen LogP contribution in [0.25, 0.3) is 10.8 Å². The second kappa shape index (κ2) is 23.2. The number of methoxy groups -OCH3 is 1. The lowest BCUT2D eigenvalue weighted by atomic mass is 9.78.